The molecule has 0 radical (unpaired) electrons. The average molecular weight is 274 g/mol. The van der Waals surface area contributed by atoms with Crippen molar-refractivity contribution in [3.63, 3.8) is 0 Å². The van der Waals surface area contributed by atoms with E-state index >= 15 is 0 Å². The molecule has 0 aliphatic heterocycles. The molecule has 0 aromatic heterocycles. The standard InChI is InChI=1S/C16H9N3O2/c1-18-14-8-6-13(7-9-14)16(21)19-15(20)12-4-2-11(10-17)3-5-12/h2-9H,(H,19,20,21)/p-1. The van der Waals surface area contributed by atoms with Crippen LogP contribution in [0.2, 0.25) is 0 Å². The zero-order valence-electron chi connectivity index (χ0n) is 10.8. The minimum absolute atomic E-state index is 0.236. The van der Waals surface area contributed by atoms with Crippen LogP contribution in [0.25, 0.3) is 4.85 Å². The number of carbonyl (C=O) groups is 1. The van der Waals surface area contributed by atoms with E-state index in [0.29, 0.717) is 11.3 Å². The van der Waals surface area contributed by atoms with Crippen LogP contribution >= 0.6 is 0 Å². The highest BCUT2D eigenvalue weighted by Crippen LogP contribution is 2.13. The van der Waals surface area contributed by atoms with Crippen LogP contribution in [0, 0.1) is 17.9 Å². The van der Waals surface area contributed by atoms with E-state index in [2.05, 4.69) is 9.84 Å². The summed E-state index contributed by atoms with van der Waals surface area (Å²) in [6.07, 6.45) is 0. The van der Waals surface area contributed by atoms with E-state index in [0.717, 1.165) is 0 Å². The number of hydrogen-bond donors (Lipinski definition) is 0. The second-order valence-electron chi connectivity index (χ2n) is 4.07. The first-order valence-corrected chi connectivity index (χ1v) is 5.92. The summed E-state index contributed by atoms with van der Waals surface area (Å²) >= 11 is 0. The highest BCUT2D eigenvalue weighted by molar-refractivity contribution is 6.05. The van der Waals surface area contributed by atoms with Gasteiger partial charge < -0.3 is 5.11 Å². The van der Waals surface area contributed by atoms with Gasteiger partial charge in [0.25, 0.3) is 5.91 Å². The van der Waals surface area contributed by atoms with Gasteiger partial charge in [-0.25, -0.2) is 9.84 Å². The molecule has 0 saturated heterocycles. The third kappa shape index (κ3) is 3.31. The van der Waals surface area contributed by atoms with E-state index in [1.54, 1.807) is 0 Å². The van der Waals surface area contributed by atoms with Gasteiger partial charge in [-0.2, -0.15) is 5.26 Å². The fourth-order valence-electron chi connectivity index (χ4n) is 1.59. The molecule has 5 nitrogen and oxygen atoms in total. The molecule has 0 N–H and O–H groups in total. The summed E-state index contributed by atoms with van der Waals surface area (Å²) in [4.78, 5) is 18.5. The van der Waals surface area contributed by atoms with Crippen molar-refractivity contribution in [3.8, 4) is 6.07 Å². The number of aliphatic imine (C=N–C) groups is 1. The monoisotopic (exact) mass is 274 g/mol. The molecule has 1 amide bonds. The SMILES string of the molecule is [C-]#[N+]c1ccc(C(=O)N=C([O-])c2ccc(C#N)cc2)cc1. The molecule has 0 atom stereocenters. The van der Waals surface area contributed by atoms with Gasteiger partial charge in [-0.3, -0.25) is 4.79 Å². The molecule has 0 spiro atoms. The van der Waals surface area contributed by atoms with Gasteiger partial charge in [-0.05, 0) is 23.6 Å². The lowest BCUT2D eigenvalue weighted by atomic mass is 10.1. The zero-order valence-corrected chi connectivity index (χ0v) is 10.8. The Balaban J connectivity index is 2.22. The second-order valence-corrected chi connectivity index (χ2v) is 4.07. The van der Waals surface area contributed by atoms with Crippen molar-refractivity contribution >= 4 is 17.5 Å². The smallest absolute Gasteiger partial charge is 0.276 e. The summed E-state index contributed by atoms with van der Waals surface area (Å²) in [6.45, 7) is 6.82. The number of carbonyl (C=O) groups excluding carboxylic acids is 1. The van der Waals surface area contributed by atoms with Crippen LogP contribution in [0.1, 0.15) is 21.5 Å². The first-order chi connectivity index (χ1) is 10.1. The van der Waals surface area contributed by atoms with Gasteiger partial charge >= 0.3 is 0 Å². The Morgan fingerprint density at radius 2 is 1.67 bits per heavy atom. The molecular weight excluding hydrogens is 266 g/mol. The van der Waals surface area contributed by atoms with E-state index in [4.69, 9.17) is 11.8 Å². The van der Waals surface area contributed by atoms with Gasteiger partial charge in [0, 0.05) is 5.56 Å². The number of nitrogens with zero attached hydrogens (tertiary/aromatic N) is 3. The van der Waals surface area contributed by atoms with Crippen LogP contribution in [-0.2, 0) is 0 Å². The van der Waals surface area contributed by atoms with Gasteiger partial charge in [-0.1, -0.05) is 36.4 Å². The van der Waals surface area contributed by atoms with Crippen molar-refractivity contribution in [2.45, 2.75) is 0 Å². The third-order valence-electron chi connectivity index (χ3n) is 2.71. The molecule has 2 aromatic carbocycles. The van der Waals surface area contributed by atoms with Crippen molar-refractivity contribution in [1.29, 1.82) is 5.26 Å². The van der Waals surface area contributed by atoms with Crippen LogP contribution in [0.15, 0.2) is 53.5 Å². The van der Waals surface area contributed by atoms with Crippen LogP contribution in [0.3, 0.4) is 0 Å². The van der Waals surface area contributed by atoms with Gasteiger partial charge in [0.15, 0.2) is 5.69 Å². The van der Waals surface area contributed by atoms with E-state index in [-0.39, 0.29) is 11.1 Å². The van der Waals surface area contributed by atoms with Crippen LogP contribution in [0.4, 0.5) is 5.69 Å². The lowest BCUT2D eigenvalue weighted by Gasteiger charge is -2.10. The van der Waals surface area contributed by atoms with E-state index in [1.165, 1.54) is 48.5 Å². The molecule has 100 valence electrons. The number of hydrogen-bond acceptors (Lipinski definition) is 3. The molecule has 0 aliphatic rings. The molecular formula is C16H8N3O2-. The molecule has 21 heavy (non-hydrogen) atoms. The lowest BCUT2D eigenvalue weighted by molar-refractivity contribution is -0.212. The van der Waals surface area contributed by atoms with Crippen molar-refractivity contribution in [2.75, 3.05) is 0 Å². The third-order valence-corrected chi connectivity index (χ3v) is 2.71. The first-order valence-electron chi connectivity index (χ1n) is 5.92. The van der Waals surface area contributed by atoms with E-state index in [1.807, 2.05) is 6.07 Å². The highest BCUT2D eigenvalue weighted by atomic mass is 16.3. The number of amides is 1. The Kier molecular flexibility index (Phi) is 4.09. The Morgan fingerprint density at radius 3 is 2.19 bits per heavy atom. The normalized spacial score (nSPS) is 10.5. The summed E-state index contributed by atoms with van der Waals surface area (Å²) in [5, 5.41) is 20.5. The van der Waals surface area contributed by atoms with Crippen molar-refractivity contribution in [3.05, 3.63) is 76.6 Å². The predicted molar refractivity (Wildman–Crippen MR) is 74.7 cm³/mol. The number of rotatable bonds is 2. The molecule has 0 unspecified atom stereocenters. The molecule has 0 fully saturated rings. The second kappa shape index (κ2) is 6.14. The Bertz CT molecular complexity index is 776. The topological polar surface area (TPSA) is 80.6 Å². The van der Waals surface area contributed by atoms with Gasteiger partial charge in [0.05, 0.1) is 18.2 Å². The van der Waals surface area contributed by atoms with Crippen LogP contribution in [-0.4, -0.2) is 11.8 Å². The molecule has 5 heteroatoms. The maximum atomic E-state index is 11.8. The van der Waals surface area contributed by atoms with Crippen LogP contribution < -0.4 is 5.11 Å². The number of benzene rings is 2. The van der Waals surface area contributed by atoms with Crippen LogP contribution in [0.5, 0.6) is 0 Å². The molecule has 0 heterocycles. The van der Waals surface area contributed by atoms with E-state index < -0.39 is 11.8 Å². The molecule has 2 rings (SSSR count). The van der Waals surface area contributed by atoms with Crippen molar-refractivity contribution in [1.82, 2.24) is 0 Å². The maximum Gasteiger partial charge on any atom is 0.276 e. The van der Waals surface area contributed by atoms with Gasteiger partial charge in [0.2, 0.25) is 0 Å². The minimum Gasteiger partial charge on any atom is -0.858 e. The van der Waals surface area contributed by atoms with Crippen molar-refractivity contribution < 1.29 is 9.90 Å². The first kappa shape index (κ1) is 14.0. The average Bonchev–Trinajstić information content (AvgIpc) is 2.55. The fourth-order valence-corrected chi connectivity index (χ4v) is 1.59. The summed E-state index contributed by atoms with van der Waals surface area (Å²) in [6, 6.07) is 13.7. The summed E-state index contributed by atoms with van der Waals surface area (Å²) in [7, 11) is 0. The van der Waals surface area contributed by atoms with Crippen molar-refractivity contribution in [2.24, 2.45) is 4.99 Å². The largest absolute Gasteiger partial charge is 0.858 e. The maximum absolute atomic E-state index is 11.8. The lowest BCUT2D eigenvalue weighted by Crippen LogP contribution is -2.20. The Labute approximate surface area is 121 Å². The van der Waals surface area contributed by atoms with E-state index in [9.17, 15) is 9.90 Å². The van der Waals surface area contributed by atoms with Gasteiger partial charge in [-0.15, -0.1) is 0 Å². The highest BCUT2D eigenvalue weighted by Gasteiger charge is 2.04. The summed E-state index contributed by atoms with van der Waals surface area (Å²) < 4.78 is 0. The molecule has 0 saturated carbocycles. The summed E-state index contributed by atoms with van der Waals surface area (Å²) in [5.74, 6) is -1.33. The molecule has 0 bridgehead atoms. The van der Waals surface area contributed by atoms with Gasteiger partial charge in [0.1, 0.15) is 0 Å². The Hall–Kier alpha value is -3.44. The quantitative estimate of drug-likeness (QED) is 0.477. The minimum atomic E-state index is -0.668. The zero-order chi connectivity index (χ0) is 15.2. The molecule has 2 aromatic rings. The molecule has 0 aliphatic carbocycles. The summed E-state index contributed by atoms with van der Waals surface area (Å²) in [5.41, 5.74) is 1.31. The predicted octanol–water partition coefficient (Wildman–Crippen LogP) is 2.06. The number of nitriles is 1. The fraction of sp³-hybridized carbons (Fsp3) is 0. The Morgan fingerprint density at radius 1 is 1.10 bits per heavy atom.